The SMILES string of the molecule is Cc1cc(-c2cc(Oc3ccc4c(c3)CCC4=O)ccn2)ccc1C(=O)NC1CCN(C)CC1. The Balaban J connectivity index is 1.30. The molecule has 0 unspecified atom stereocenters. The van der Waals surface area contributed by atoms with Gasteiger partial charge in [0.2, 0.25) is 0 Å². The van der Waals surface area contributed by atoms with Gasteiger partial charge in [0.15, 0.2) is 5.78 Å². The number of fused-ring (bicyclic) bond motifs is 1. The Kier molecular flexibility index (Phi) is 6.16. The molecule has 6 nitrogen and oxygen atoms in total. The van der Waals surface area contributed by atoms with Crippen LogP contribution in [0.5, 0.6) is 11.5 Å². The van der Waals surface area contributed by atoms with Crippen LogP contribution in [0.15, 0.2) is 54.7 Å². The fourth-order valence-electron chi connectivity index (χ4n) is 4.76. The van der Waals surface area contributed by atoms with Gasteiger partial charge in [-0.15, -0.1) is 0 Å². The van der Waals surface area contributed by atoms with Crippen molar-refractivity contribution in [3.63, 3.8) is 0 Å². The average Bonchev–Trinajstić information content (AvgIpc) is 3.20. The van der Waals surface area contributed by atoms with E-state index in [1.807, 2.05) is 55.5 Å². The van der Waals surface area contributed by atoms with E-state index in [0.29, 0.717) is 23.5 Å². The molecule has 5 rings (SSSR count). The van der Waals surface area contributed by atoms with Crippen molar-refractivity contribution >= 4 is 11.7 Å². The van der Waals surface area contributed by atoms with Gasteiger partial charge < -0.3 is 15.0 Å². The number of benzene rings is 2. The zero-order valence-electron chi connectivity index (χ0n) is 19.6. The predicted molar refractivity (Wildman–Crippen MR) is 132 cm³/mol. The summed E-state index contributed by atoms with van der Waals surface area (Å²) in [5.74, 6) is 1.57. The summed E-state index contributed by atoms with van der Waals surface area (Å²) in [6.07, 6.45) is 5.03. The number of nitrogens with one attached hydrogen (secondary N) is 1. The maximum Gasteiger partial charge on any atom is 0.251 e. The summed E-state index contributed by atoms with van der Waals surface area (Å²) in [4.78, 5) is 31.5. The van der Waals surface area contributed by atoms with Crippen LogP contribution in [0.4, 0.5) is 0 Å². The predicted octanol–water partition coefficient (Wildman–Crippen LogP) is 4.80. The molecule has 6 heteroatoms. The molecule has 1 aliphatic heterocycles. The molecule has 1 fully saturated rings. The second-order valence-electron chi connectivity index (χ2n) is 9.30. The van der Waals surface area contributed by atoms with Crippen LogP contribution in [-0.2, 0) is 6.42 Å². The Bertz CT molecular complexity index is 1250. The van der Waals surface area contributed by atoms with Crippen molar-refractivity contribution in [1.29, 1.82) is 0 Å². The molecule has 174 valence electrons. The lowest BCUT2D eigenvalue weighted by atomic mass is 10.0. The van der Waals surface area contributed by atoms with Crippen LogP contribution in [0.3, 0.4) is 0 Å². The lowest BCUT2D eigenvalue weighted by molar-refractivity contribution is 0.0915. The van der Waals surface area contributed by atoms with E-state index >= 15 is 0 Å². The molecule has 1 aliphatic carbocycles. The molecule has 1 N–H and O–H groups in total. The number of aryl methyl sites for hydroxylation is 2. The second kappa shape index (κ2) is 9.39. The number of ketones is 1. The van der Waals surface area contributed by atoms with Crippen LogP contribution in [0.25, 0.3) is 11.3 Å². The number of ether oxygens (including phenoxy) is 1. The van der Waals surface area contributed by atoms with E-state index in [9.17, 15) is 9.59 Å². The third kappa shape index (κ3) is 4.73. The van der Waals surface area contributed by atoms with Gasteiger partial charge in [0.05, 0.1) is 5.69 Å². The van der Waals surface area contributed by atoms with Crippen LogP contribution in [0, 0.1) is 6.92 Å². The number of carbonyl (C=O) groups is 2. The van der Waals surface area contributed by atoms with Crippen molar-refractivity contribution in [2.24, 2.45) is 0 Å². The fraction of sp³-hybridized carbons (Fsp3) is 0.321. The topological polar surface area (TPSA) is 71.5 Å². The molecule has 34 heavy (non-hydrogen) atoms. The molecule has 0 atom stereocenters. The number of nitrogens with zero attached hydrogens (tertiary/aromatic N) is 2. The van der Waals surface area contributed by atoms with E-state index in [1.54, 1.807) is 6.20 Å². The zero-order chi connectivity index (χ0) is 23.7. The van der Waals surface area contributed by atoms with Crippen molar-refractivity contribution in [1.82, 2.24) is 15.2 Å². The summed E-state index contributed by atoms with van der Waals surface area (Å²) in [7, 11) is 2.11. The molecule has 0 spiro atoms. The quantitative estimate of drug-likeness (QED) is 0.598. The first-order chi connectivity index (χ1) is 16.5. The van der Waals surface area contributed by atoms with Crippen LogP contribution >= 0.6 is 0 Å². The first-order valence-electron chi connectivity index (χ1n) is 11.9. The molecule has 2 heterocycles. The minimum atomic E-state index is -0.0151. The van der Waals surface area contributed by atoms with Crippen molar-refractivity contribution in [2.75, 3.05) is 20.1 Å². The third-order valence-electron chi connectivity index (χ3n) is 6.79. The molecular weight excluding hydrogens is 426 g/mol. The summed E-state index contributed by atoms with van der Waals surface area (Å²) < 4.78 is 6.07. The Morgan fingerprint density at radius 2 is 1.82 bits per heavy atom. The van der Waals surface area contributed by atoms with Gasteiger partial charge in [0.1, 0.15) is 11.5 Å². The average molecular weight is 456 g/mol. The summed E-state index contributed by atoms with van der Waals surface area (Å²) in [6.45, 7) is 3.98. The van der Waals surface area contributed by atoms with Crippen molar-refractivity contribution in [2.45, 2.75) is 38.6 Å². The summed E-state index contributed by atoms with van der Waals surface area (Å²) >= 11 is 0. The molecule has 2 aliphatic rings. The molecular formula is C28H29N3O3. The van der Waals surface area contributed by atoms with Gasteiger partial charge in [0, 0.05) is 41.4 Å². The molecule has 0 radical (unpaired) electrons. The largest absolute Gasteiger partial charge is 0.457 e. The number of pyridine rings is 1. The molecule has 2 aromatic carbocycles. The molecule has 1 saturated heterocycles. The summed E-state index contributed by atoms with van der Waals surface area (Å²) in [6, 6.07) is 15.4. The second-order valence-corrected chi connectivity index (χ2v) is 9.30. The smallest absolute Gasteiger partial charge is 0.251 e. The number of hydrogen-bond donors (Lipinski definition) is 1. The molecule has 3 aromatic rings. The highest BCUT2D eigenvalue weighted by Gasteiger charge is 2.21. The lowest BCUT2D eigenvalue weighted by Crippen LogP contribution is -2.43. The highest BCUT2D eigenvalue weighted by atomic mass is 16.5. The Hall–Kier alpha value is -3.51. The van der Waals surface area contributed by atoms with Crippen molar-refractivity contribution < 1.29 is 14.3 Å². The van der Waals surface area contributed by atoms with Gasteiger partial charge in [0.25, 0.3) is 5.91 Å². The first-order valence-corrected chi connectivity index (χ1v) is 11.9. The van der Waals surface area contributed by atoms with Crippen molar-refractivity contribution in [3.05, 3.63) is 77.0 Å². The zero-order valence-corrected chi connectivity index (χ0v) is 19.6. The fourth-order valence-corrected chi connectivity index (χ4v) is 4.76. The van der Waals surface area contributed by atoms with Gasteiger partial charge in [-0.1, -0.05) is 6.07 Å². The maximum absolute atomic E-state index is 12.8. The van der Waals surface area contributed by atoms with E-state index in [4.69, 9.17) is 4.74 Å². The number of amides is 1. The standard InChI is InChI=1S/C28H29N3O3/c1-18-15-20(3-6-24(18)28(33)30-21-10-13-31(2)14-11-21)26-17-23(9-12-29-26)34-22-5-7-25-19(16-22)4-8-27(25)32/h3,5-7,9,12,15-17,21H,4,8,10-11,13-14H2,1-2H3,(H,30,33). The van der Waals surface area contributed by atoms with E-state index in [2.05, 4.69) is 22.2 Å². The number of aromatic nitrogens is 1. The van der Waals surface area contributed by atoms with Crippen molar-refractivity contribution in [3.8, 4) is 22.8 Å². The van der Waals surface area contributed by atoms with Gasteiger partial charge in [-0.2, -0.15) is 0 Å². The number of rotatable bonds is 5. The highest BCUT2D eigenvalue weighted by Crippen LogP contribution is 2.31. The van der Waals surface area contributed by atoms with Gasteiger partial charge in [-0.3, -0.25) is 14.6 Å². The maximum atomic E-state index is 12.8. The minimum absolute atomic E-state index is 0.0151. The van der Waals surface area contributed by atoms with E-state index < -0.39 is 0 Å². The molecule has 0 bridgehead atoms. The van der Waals surface area contributed by atoms with Gasteiger partial charge >= 0.3 is 0 Å². The van der Waals surface area contributed by atoms with E-state index in [1.165, 1.54) is 0 Å². The third-order valence-corrected chi connectivity index (χ3v) is 6.79. The number of carbonyl (C=O) groups excluding carboxylic acids is 2. The Labute approximate surface area is 200 Å². The number of likely N-dealkylation sites (tertiary alicyclic amines) is 1. The lowest BCUT2D eigenvalue weighted by Gasteiger charge is -2.29. The summed E-state index contributed by atoms with van der Waals surface area (Å²) in [5.41, 5.74) is 5.17. The van der Waals surface area contributed by atoms with Crippen LogP contribution in [-0.4, -0.2) is 47.8 Å². The monoisotopic (exact) mass is 455 g/mol. The minimum Gasteiger partial charge on any atom is -0.457 e. The van der Waals surface area contributed by atoms with Gasteiger partial charge in [-0.25, -0.2) is 0 Å². The number of piperidine rings is 1. The van der Waals surface area contributed by atoms with Crippen LogP contribution in [0.1, 0.15) is 51.1 Å². The number of hydrogen-bond acceptors (Lipinski definition) is 5. The van der Waals surface area contributed by atoms with Crippen LogP contribution < -0.4 is 10.1 Å². The van der Waals surface area contributed by atoms with E-state index in [-0.39, 0.29) is 17.7 Å². The Morgan fingerprint density at radius 1 is 1.03 bits per heavy atom. The molecule has 1 aromatic heterocycles. The molecule has 1 amide bonds. The van der Waals surface area contributed by atoms with E-state index in [0.717, 1.165) is 60.3 Å². The normalized spacial score (nSPS) is 16.4. The Morgan fingerprint density at radius 3 is 2.62 bits per heavy atom. The van der Waals surface area contributed by atoms with Crippen LogP contribution in [0.2, 0.25) is 0 Å². The summed E-state index contributed by atoms with van der Waals surface area (Å²) in [5, 5.41) is 3.19. The highest BCUT2D eigenvalue weighted by molar-refractivity contribution is 6.00. The molecule has 0 saturated carbocycles. The number of Topliss-reactive ketones (excluding diaryl/α,β-unsaturated/α-hetero) is 1. The van der Waals surface area contributed by atoms with Gasteiger partial charge in [-0.05, 0) is 93.8 Å². The first kappa shape index (κ1) is 22.3.